The summed E-state index contributed by atoms with van der Waals surface area (Å²) < 4.78 is 30.9. The van der Waals surface area contributed by atoms with Crippen molar-refractivity contribution in [2.45, 2.75) is 36.6 Å². The molecule has 0 atom stereocenters. The van der Waals surface area contributed by atoms with Crippen molar-refractivity contribution in [2.75, 3.05) is 13.1 Å². The highest BCUT2D eigenvalue weighted by atomic mass is 32.2. The van der Waals surface area contributed by atoms with Crippen molar-refractivity contribution in [2.24, 2.45) is 0 Å². The molecule has 0 spiro atoms. The van der Waals surface area contributed by atoms with Crippen LogP contribution in [0.2, 0.25) is 0 Å². The van der Waals surface area contributed by atoms with E-state index in [2.05, 4.69) is 15.2 Å². The van der Waals surface area contributed by atoms with Gasteiger partial charge < -0.3 is 4.40 Å². The first-order valence-electron chi connectivity index (χ1n) is 9.35. The number of aromatic nitrogens is 5. The first-order valence-corrected chi connectivity index (χ1v) is 11.8. The molecule has 0 fully saturated rings. The molecule has 4 rings (SSSR count). The van der Waals surface area contributed by atoms with Gasteiger partial charge in [0, 0.05) is 36.9 Å². The molecule has 152 valence electrons. The fourth-order valence-corrected chi connectivity index (χ4v) is 5.48. The van der Waals surface area contributed by atoms with E-state index in [0.29, 0.717) is 29.6 Å². The van der Waals surface area contributed by atoms with Crippen LogP contribution in [0.5, 0.6) is 0 Å². The lowest BCUT2D eigenvalue weighted by Crippen LogP contribution is -2.30. The van der Waals surface area contributed by atoms with Gasteiger partial charge in [-0.15, -0.1) is 10.2 Å². The minimum atomic E-state index is -3.54. The monoisotopic (exact) mass is 430 g/mol. The number of hydrogen-bond donors (Lipinski definition) is 0. The summed E-state index contributed by atoms with van der Waals surface area (Å²) in [4.78, 5) is 4.87. The molecule has 10 heteroatoms. The molecule has 29 heavy (non-hydrogen) atoms. The topological polar surface area (TPSA) is 84.9 Å². The molecule has 8 nitrogen and oxygen atoms in total. The smallest absolute Gasteiger partial charge is 0.244 e. The highest BCUT2D eigenvalue weighted by molar-refractivity contribution is 7.98. The third-order valence-corrected chi connectivity index (χ3v) is 7.79. The van der Waals surface area contributed by atoms with Gasteiger partial charge in [0.1, 0.15) is 5.65 Å². The maximum absolute atomic E-state index is 12.8. The first kappa shape index (κ1) is 19.9. The molecule has 0 bridgehead atoms. The SMILES string of the molecule is CCN(CC)S(=O)(=O)c1ccc2nnc(SCc3cn4c(C)cccc4n3)n2c1. The van der Waals surface area contributed by atoms with Crippen LogP contribution in [0.25, 0.3) is 11.3 Å². The summed E-state index contributed by atoms with van der Waals surface area (Å²) in [5.74, 6) is 0.606. The number of thioether (sulfide) groups is 1. The zero-order chi connectivity index (χ0) is 20.6. The molecule has 0 aliphatic rings. The molecule has 0 aliphatic heterocycles. The third kappa shape index (κ3) is 3.63. The minimum absolute atomic E-state index is 0.235. The van der Waals surface area contributed by atoms with Crippen LogP contribution >= 0.6 is 11.8 Å². The van der Waals surface area contributed by atoms with Gasteiger partial charge in [0.05, 0.1) is 10.6 Å². The lowest BCUT2D eigenvalue weighted by molar-refractivity contribution is 0.445. The van der Waals surface area contributed by atoms with Crippen LogP contribution in [0.15, 0.2) is 52.8 Å². The summed E-state index contributed by atoms with van der Waals surface area (Å²) >= 11 is 1.48. The fourth-order valence-electron chi connectivity index (χ4n) is 3.22. The van der Waals surface area contributed by atoms with E-state index in [0.717, 1.165) is 17.0 Å². The molecular weight excluding hydrogens is 408 g/mol. The summed E-state index contributed by atoms with van der Waals surface area (Å²) in [6, 6.07) is 9.25. The zero-order valence-corrected chi connectivity index (χ0v) is 18.1. The molecule has 0 unspecified atom stereocenters. The Morgan fingerprint density at radius 3 is 2.52 bits per heavy atom. The molecule has 0 aromatic carbocycles. The second-order valence-electron chi connectivity index (χ2n) is 6.58. The Bertz CT molecular complexity index is 1270. The van der Waals surface area contributed by atoms with Crippen LogP contribution in [-0.2, 0) is 15.8 Å². The Morgan fingerprint density at radius 1 is 1.00 bits per heavy atom. The van der Waals surface area contributed by atoms with Crippen LogP contribution < -0.4 is 0 Å². The predicted octanol–water partition coefficient (Wildman–Crippen LogP) is 3.01. The Hall–Kier alpha value is -2.43. The molecule has 0 aliphatic carbocycles. The summed E-state index contributed by atoms with van der Waals surface area (Å²) in [6.07, 6.45) is 3.61. The second kappa shape index (κ2) is 7.77. The average Bonchev–Trinajstić information content (AvgIpc) is 3.31. The van der Waals surface area contributed by atoms with E-state index in [9.17, 15) is 8.42 Å². The van der Waals surface area contributed by atoms with Gasteiger partial charge in [-0.1, -0.05) is 31.7 Å². The molecule has 0 N–H and O–H groups in total. The number of imidazole rings is 1. The fraction of sp³-hybridized carbons (Fsp3) is 0.316. The van der Waals surface area contributed by atoms with Gasteiger partial charge in [-0.3, -0.25) is 4.40 Å². The molecule has 0 radical (unpaired) electrons. The van der Waals surface area contributed by atoms with Crippen molar-refractivity contribution in [3.8, 4) is 0 Å². The van der Waals surface area contributed by atoms with Gasteiger partial charge in [0.25, 0.3) is 0 Å². The van der Waals surface area contributed by atoms with Crippen molar-refractivity contribution in [3.63, 3.8) is 0 Å². The number of aryl methyl sites for hydroxylation is 1. The van der Waals surface area contributed by atoms with E-state index in [1.807, 2.05) is 49.6 Å². The molecule has 4 aromatic heterocycles. The number of pyridine rings is 2. The normalized spacial score (nSPS) is 12.4. The Kier molecular flexibility index (Phi) is 5.32. The Labute approximate surface area is 173 Å². The zero-order valence-electron chi connectivity index (χ0n) is 16.5. The maximum atomic E-state index is 12.8. The highest BCUT2D eigenvalue weighted by Crippen LogP contribution is 2.24. The molecule has 0 saturated heterocycles. The summed E-state index contributed by atoms with van der Waals surface area (Å²) in [5.41, 5.74) is 3.55. The lowest BCUT2D eigenvalue weighted by Gasteiger charge is -2.18. The van der Waals surface area contributed by atoms with Crippen molar-refractivity contribution >= 4 is 33.1 Å². The quantitative estimate of drug-likeness (QED) is 0.419. The number of sulfonamides is 1. The third-order valence-electron chi connectivity index (χ3n) is 4.78. The van der Waals surface area contributed by atoms with E-state index >= 15 is 0 Å². The average molecular weight is 431 g/mol. The van der Waals surface area contributed by atoms with Crippen LogP contribution in [0.1, 0.15) is 25.2 Å². The van der Waals surface area contributed by atoms with Crippen LogP contribution in [0.4, 0.5) is 0 Å². The predicted molar refractivity (Wildman–Crippen MR) is 113 cm³/mol. The molecule has 4 aromatic rings. The van der Waals surface area contributed by atoms with E-state index in [4.69, 9.17) is 0 Å². The summed E-state index contributed by atoms with van der Waals surface area (Å²) in [7, 11) is -3.54. The first-order chi connectivity index (χ1) is 13.9. The van der Waals surface area contributed by atoms with Gasteiger partial charge in [0.15, 0.2) is 10.8 Å². The molecular formula is C19H22N6O2S2. The second-order valence-corrected chi connectivity index (χ2v) is 9.46. The van der Waals surface area contributed by atoms with Gasteiger partial charge >= 0.3 is 0 Å². The number of fused-ring (bicyclic) bond motifs is 2. The van der Waals surface area contributed by atoms with E-state index in [1.54, 1.807) is 22.7 Å². The Balaban J connectivity index is 1.63. The van der Waals surface area contributed by atoms with Crippen molar-refractivity contribution < 1.29 is 8.42 Å². The van der Waals surface area contributed by atoms with E-state index < -0.39 is 10.0 Å². The van der Waals surface area contributed by atoms with Gasteiger partial charge in [-0.05, 0) is 31.2 Å². The van der Waals surface area contributed by atoms with E-state index in [1.165, 1.54) is 16.1 Å². The number of nitrogens with zero attached hydrogens (tertiary/aromatic N) is 6. The number of rotatable bonds is 7. The lowest BCUT2D eigenvalue weighted by atomic mass is 10.4. The van der Waals surface area contributed by atoms with Crippen molar-refractivity contribution in [3.05, 3.63) is 54.1 Å². The number of hydrogen-bond acceptors (Lipinski definition) is 6. The largest absolute Gasteiger partial charge is 0.304 e. The van der Waals surface area contributed by atoms with Crippen molar-refractivity contribution in [1.82, 2.24) is 28.3 Å². The molecule has 0 amide bonds. The molecule has 4 heterocycles. The summed E-state index contributed by atoms with van der Waals surface area (Å²) in [6.45, 7) is 6.55. The summed E-state index contributed by atoms with van der Waals surface area (Å²) in [5, 5.41) is 9.01. The van der Waals surface area contributed by atoms with Gasteiger partial charge in [-0.2, -0.15) is 4.31 Å². The van der Waals surface area contributed by atoms with E-state index in [-0.39, 0.29) is 4.90 Å². The van der Waals surface area contributed by atoms with Crippen molar-refractivity contribution in [1.29, 1.82) is 0 Å². The van der Waals surface area contributed by atoms with Gasteiger partial charge in [-0.25, -0.2) is 13.4 Å². The van der Waals surface area contributed by atoms with Crippen LogP contribution in [-0.4, -0.2) is 49.8 Å². The molecule has 0 saturated carbocycles. The standard InChI is InChI=1S/C19H22N6O2S2/c1-4-23(5-2)29(26,27)16-9-10-18-21-22-19(25(18)12-16)28-13-15-11-24-14(3)7-6-8-17(24)20-15/h6-12H,4-5,13H2,1-3H3. The minimum Gasteiger partial charge on any atom is -0.304 e. The Morgan fingerprint density at radius 2 is 1.79 bits per heavy atom. The highest BCUT2D eigenvalue weighted by Gasteiger charge is 2.22. The maximum Gasteiger partial charge on any atom is 0.244 e. The van der Waals surface area contributed by atoms with Crippen LogP contribution in [0.3, 0.4) is 0 Å². The van der Waals surface area contributed by atoms with Crippen LogP contribution in [0, 0.1) is 6.92 Å². The van der Waals surface area contributed by atoms with Gasteiger partial charge in [0.2, 0.25) is 10.0 Å².